The summed E-state index contributed by atoms with van der Waals surface area (Å²) in [7, 11) is 0. The minimum Gasteiger partial charge on any atom is -0.480 e. The molecule has 1 heterocycles. The van der Waals surface area contributed by atoms with Gasteiger partial charge in [0.25, 0.3) is 0 Å². The van der Waals surface area contributed by atoms with Crippen molar-refractivity contribution in [1.82, 2.24) is 4.57 Å². The summed E-state index contributed by atoms with van der Waals surface area (Å²) in [6.07, 6.45) is 5.95. The second kappa shape index (κ2) is 7.28. The molecule has 1 saturated carbocycles. The van der Waals surface area contributed by atoms with Crippen molar-refractivity contribution in [1.29, 1.82) is 5.26 Å². The van der Waals surface area contributed by atoms with Crippen LogP contribution in [0.3, 0.4) is 0 Å². The van der Waals surface area contributed by atoms with E-state index in [1.165, 1.54) is 24.8 Å². The van der Waals surface area contributed by atoms with E-state index in [1.807, 2.05) is 53.1 Å². The van der Waals surface area contributed by atoms with Gasteiger partial charge in [0.2, 0.25) is 0 Å². The largest absolute Gasteiger partial charge is 0.480 e. The SMILES string of the molecule is N#Cc1ccc2c(C3CCCCC3)c(-c3ccccc3)n(CC(=O)O)c2c1. The molecule has 4 nitrogen and oxygen atoms in total. The monoisotopic (exact) mass is 358 g/mol. The van der Waals surface area contributed by atoms with E-state index in [0.717, 1.165) is 35.0 Å². The summed E-state index contributed by atoms with van der Waals surface area (Å²) >= 11 is 0. The van der Waals surface area contributed by atoms with Gasteiger partial charge in [-0.25, -0.2) is 0 Å². The van der Waals surface area contributed by atoms with Gasteiger partial charge in [0.15, 0.2) is 0 Å². The van der Waals surface area contributed by atoms with E-state index in [4.69, 9.17) is 0 Å². The zero-order valence-corrected chi connectivity index (χ0v) is 15.2. The van der Waals surface area contributed by atoms with Crippen LogP contribution in [-0.2, 0) is 11.3 Å². The number of carboxylic acid groups (broad SMARTS) is 1. The summed E-state index contributed by atoms with van der Waals surface area (Å²) in [5.74, 6) is -0.443. The summed E-state index contributed by atoms with van der Waals surface area (Å²) in [5.41, 5.74) is 4.68. The second-order valence-electron chi connectivity index (χ2n) is 7.29. The number of carboxylic acids is 1. The lowest BCUT2D eigenvalue weighted by Gasteiger charge is -2.23. The molecule has 0 spiro atoms. The van der Waals surface area contributed by atoms with Gasteiger partial charge in [-0.1, -0.05) is 55.7 Å². The Labute approximate surface area is 158 Å². The number of aliphatic carboxylic acids is 1. The Morgan fingerprint density at radius 3 is 2.52 bits per heavy atom. The third kappa shape index (κ3) is 3.21. The molecule has 4 heteroatoms. The van der Waals surface area contributed by atoms with Crippen molar-refractivity contribution in [3.63, 3.8) is 0 Å². The molecule has 1 N–H and O–H groups in total. The van der Waals surface area contributed by atoms with E-state index in [0.29, 0.717) is 11.5 Å². The number of nitrogens with zero attached hydrogens (tertiary/aromatic N) is 2. The van der Waals surface area contributed by atoms with Crippen LogP contribution in [0.4, 0.5) is 0 Å². The van der Waals surface area contributed by atoms with Crippen LogP contribution in [0.1, 0.15) is 49.1 Å². The molecular formula is C23H22N2O2. The van der Waals surface area contributed by atoms with Gasteiger partial charge in [-0.2, -0.15) is 5.26 Å². The Bertz CT molecular complexity index is 1020. The highest BCUT2D eigenvalue weighted by atomic mass is 16.4. The average Bonchev–Trinajstić information content (AvgIpc) is 3.02. The lowest BCUT2D eigenvalue weighted by molar-refractivity contribution is -0.137. The second-order valence-corrected chi connectivity index (χ2v) is 7.29. The molecule has 0 amide bonds. The van der Waals surface area contributed by atoms with Crippen LogP contribution < -0.4 is 0 Å². The van der Waals surface area contributed by atoms with Crippen LogP contribution in [-0.4, -0.2) is 15.6 Å². The van der Waals surface area contributed by atoms with Crippen LogP contribution in [0.2, 0.25) is 0 Å². The smallest absolute Gasteiger partial charge is 0.323 e. The number of hydrogen-bond acceptors (Lipinski definition) is 2. The van der Waals surface area contributed by atoms with E-state index < -0.39 is 5.97 Å². The third-order valence-corrected chi connectivity index (χ3v) is 5.59. The highest BCUT2D eigenvalue weighted by Gasteiger charge is 2.27. The van der Waals surface area contributed by atoms with Crippen LogP contribution in [0.15, 0.2) is 48.5 Å². The number of benzene rings is 2. The summed E-state index contributed by atoms with van der Waals surface area (Å²) in [5, 5.41) is 20.0. The number of aromatic nitrogens is 1. The Morgan fingerprint density at radius 1 is 1.11 bits per heavy atom. The molecule has 1 aliphatic carbocycles. The lowest BCUT2D eigenvalue weighted by atomic mass is 9.82. The minimum atomic E-state index is -0.873. The topological polar surface area (TPSA) is 66.0 Å². The summed E-state index contributed by atoms with van der Waals surface area (Å²) in [6.45, 7) is -0.109. The molecule has 0 atom stereocenters. The fraction of sp³-hybridized carbons (Fsp3) is 0.304. The van der Waals surface area contributed by atoms with E-state index >= 15 is 0 Å². The highest BCUT2D eigenvalue weighted by Crippen LogP contribution is 2.44. The normalized spacial score (nSPS) is 14.9. The Kier molecular flexibility index (Phi) is 4.68. The highest BCUT2D eigenvalue weighted by molar-refractivity contribution is 5.94. The Balaban J connectivity index is 2.05. The molecule has 0 unspecified atom stereocenters. The van der Waals surface area contributed by atoms with Gasteiger partial charge < -0.3 is 9.67 Å². The molecule has 27 heavy (non-hydrogen) atoms. The predicted molar refractivity (Wildman–Crippen MR) is 106 cm³/mol. The number of carbonyl (C=O) groups is 1. The maximum atomic E-state index is 11.7. The van der Waals surface area contributed by atoms with Crippen molar-refractivity contribution < 1.29 is 9.90 Å². The van der Waals surface area contributed by atoms with Crippen molar-refractivity contribution in [2.75, 3.05) is 0 Å². The molecule has 4 rings (SSSR count). The van der Waals surface area contributed by atoms with Gasteiger partial charge in [-0.05, 0) is 42.0 Å². The molecule has 1 aromatic heterocycles. The van der Waals surface area contributed by atoms with E-state index in [-0.39, 0.29) is 6.54 Å². The fourth-order valence-electron chi connectivity index (χ4n) is 4.46. The van der Waals surface area contributed by atoms with Gasteiger partial charge in [0, 0.05) is 5.39 Å². The first-order valence-corrected chi connectivity index (χ1v) is 9.52. The molecule has 0 aliphatic heterocycles. The van der Waals surface area contributed by atoms with Crippen molar-refractivity contribution in [2.45, 2.75) is 44.6 Å². The third-order valence-electron chi connectivity index (χ3n) is 5.59. The standard InChI is InChI=1S/C23H22N2O2/c24-14-16-11-12-19-20(13-16)25(15-21(26)27)23(18-9-5-2-6-10-18)22(19)17-7-3-1-4-8-17/h2,5-6,9-13,17H,1,3-4,7-8,15H2,(H,26,27). The van der Waals surface area contributed by atoms with Gasteiger partial charge in [0.1, 0.15) is 6.54 Å². The average molecular weight is 358 g/mol. The predicted octanol–water partition coefficient (Wildman–Crippen LogP) is 5.31. The molecule has 0 saturated heterocycles. The van der Waals surface area contributed by atoms with Crippen LogP contribution in [0.5, 0.6) is 0 Å². The molecular weight excluding hydrogens is 336 g/mol. The van der Waals surface area contributed by atoms with Crippen LogP contribution >= 0.6 is 0 Å². The molecule has 1 aliphatic rings. The molecule has 2 aromatic carbocycles. The van der Waals surface area contributed by atoms with E-state index in [9.17, 15) is 15.2 Å². The summed E-state index contributed by atoms with van der Waals surface area (Å²) in [6, 6.07) is 17.9. The zero-order chi connectivity index (χ0) is 18.8. The number of rotatable bonds is 4. The maximum absolute atomic E-state index is 11.7. The van der Waals surface area contributed by atoms with Crippen molar-refractivity contribution >= 4 is 16.9 Å². The van der Waals surface area contributed by atoms with Gasteiger partial charge in [-0.3, -0.25) is 4.79 Å². The molecule has 136 valence electrons. The quantitative estimate of drug-likeness (QED) is 0.687. The maximum Gasteiger partial charge on any atom is 0.323 e. The summed E-state index contributed by atoms with van der Waals surface area (Å²) < 4.78 is 1.89. The first-order valence-electron chi connectivity index (χ1n) is 9.52. The molecule has 1 fully saturated rings. The first kappa shape index (κ1) is 17.4. The van der Waals surface area contributed by atoms with Crippen LogP contribution in [0, 0.1) is 11.3 Å². The van der Waals surface area contributed by atoms with Gasteiger partial charge >= 0.3 is 5.97 Å². The molecule has 3 aromatic rings. The van der Waals surface area contributed by atoms with Crippen molar-refractivity contribution in [2.24, 2.45) is 0 Å². The van der Waals surface area contributed by atoms with E-state index in [1.54, 1.807) is 0 Å². The van der Waals surface area contributed by atoms with Gasteiger partial charge in [0.05, 0.1) is 22.8 Å². The van der Waals surface area contributed by atoms with Crippen molar-refractivity contribution in [3.8, 4) is 17.3 Å². The van der Waals surface area contributed by atoms with E-state index in [2.05, 4.69) is 6.07 Å². The minimum absolute atomic E-state index is 0.109. The molecule has 0 bridgehead atoms. The summed E-state index contributed by atoms with van der Waals surface area (Å²) in [4.78, 5) is 11.7. The Morgan fingerprint density at radius 2 is 1.85 bits per heavy atom. The van der Waals surface area contributed by atoms with Crippen molar-refractivity contribution in [3.05, 3.63) is 59.7 Å². The van der Waals surface area contributed by atoms with Gasteiger partial charge in [-0.15, -0.1) is 0 Å². The van der Waals surface area contributed by atoms with Crippen LogP contribution in [0.25, 0.3) is 22.2 Å². The fourth-order valence-corrected chi connectivity index (χ4v) is 4.46. The Hall–Kier alpha value is -3.06. The molecule has 0 radical (unpaired) electrons. The number of hydrogen-bond donors (Lipinski definition) is 1. The first-order chi connectivity index (χ1) is 13.2. The number of fused-ring (bicyclic) bond motifs is 1. The zero-order valence-electron chi connectivity index (χ0n) is 15.2. The lowest BCUT2D eigenvalue weighted by Crippen LogP contribution is -2.11. The number of nitriles is 1.